The first-order chi connectivity index (χ1) is 8.49. The number of carbonyl (C=O) groups is 1. The Labute approximate surface area is 113 Å². The van der Waals surface area contributed by atoms with Crippen LogP contribution in [0.1, 0.15) is 16.1 Å². The lowest BCUT2D eigenvalue weighted by Crippen LogP contribution is -2.24. The Hall–Kier alpha value is -1.69. The topological polar surface area (TPSA) is 59.8 Å². The van der Waals surface area contributed by atoms with E-state index in [1.54, 1.807) is 16.9 Å². The standard InChI is InChI=1S/C12H13BrN4O/c1-7(13)5-15-12(18)9-4-10-8(2)16-17(3)11(10)14-6-9/h4,6H,1,5H2,2-3H3,(H,15,18). The molecule has 2 heterocycles. The van der Waals surface area contributed by atoms with E-state index in [9.17, 15) is 4.79 Å². The lowest BCUT2D eigenvalue weighted by Gasteiger charge is -2.03. The molecule has 0 aliphatic carbocycles. The fourth-order valence-electron chi connectivity index (χ4n) is 1.71. The van der Waals surface area contributed by atoms with Crippen LogP contribution in [0.5, 0.6) is 0 Å². The molecule has 0 bridgehead atoms. The highest BCUT2D eigenvalue weighted by Gasteiger charge is 2.11. The maximum atomic E-state index is 11.9. The summed E-state index contributed by atoms with van der Waals surface area (Å²) in [5, 5.41) is 7.89. The summed E-state index contributed by atoms with van der Waals surface area (Å²) in [6.07, 6.45) is 1.55. The summed E-state index contributed by atoms with van der Waals surface area (Å²) in [7, 11) is 1.83. The lowest BCUT2D eigenvalue weighted by molar-refractivity contribution is 0.0957. The quantitative estimate of drug-likeness (QED) is 0.942. The maximum Gasteiger partial charge on any atom is 0.253 e. The first-order valence-corrected chi connectivity index (χ1v) is 6.19. The molecule has 2 rings (SSSR count). The number of hydrogen-bond acceptors (Lipinski definition) is 3. The molecule has 0 spiro atoms. The van der Waals surface area contributed by atoms with Crippen LogP contribution in [0.2, 0.25) is 0 Å². The molecule has 1 N–H and O–H groups in total. The van der Waals surface area contributed by atoms with Crippen LogP contribution in [0, 0.1) is 6.92 Å². The van der Waals surface area contributed by atoms with Crippen molar-refractivity contribution >= 4 is 32.9 Å². The van der Waals surface area contributed by atoms with E-state index in [-0.39, 0.29) is 5.91 Å². The Kier molecular flexibility index (Phi) is 3.47. The molecule has 0 aliphatic rings. The molecule has 2 aromatic rings. The molecule has 0 atom stereocenters. The SMILES string of the molecule is C=C(Br)CNC(=O)c1cnc2c(c1)c(C)nn2C. The van der Waals surface area contributed by atoms with Gasteiger partial charge in [-0.1, -0.05) is 22.5 Å². The molecule has 0 saturated heterocycles. The highest BCUT2D eigenvalue weighted by atomic mass is 79.9. The third-order valence-corrected chi connectivity index (χ3v) is 2.85. The van der Waals surface area contributed by atoms with Crippen molar-refractivity contribution in [3.63, 3.8) is 0 Å². The molecule has 0 aromatic carbocycles. The molecule has 5 nitrogen and oxygen atoms in total. The van der Waals surface area contributed by atoms with E-state index in [1.165, 1.54) is 0 Å². The van der Waals surface area contributed by atoms with Gasteiger partial charge in [-0.2, -0.15) is 5.10 Å². The van der Waals surface area contributed by atoms with Gasteiger partial charge in [-0.25, -0.2) is 4.98 Å². The lowest BCUT2D eigenvalue weighted by atomic mass is 10.2. The second-order valence-electron chi connectivity index (χ2n) is 4.00. The van der Waals surface area contributed by atoms with Gasteiger partial charge in [-0.15, -0.1) is 0 Å². The van der Waals surface area contributed by atoms with E-state index >= 15 is 0 Å². The summed E-state index contributed by atoms with van der Waals surface area (Å²) < 4.78 is 2.43. The van der Waals surface area contributed by atoms with Crippen LogP contribution in [0.4, 0.5) is 0 Å². The molecule has 1 amide bonds. The largest absolute Gasteiger partial charge is 0.347 e. The van der Waals surface area contributed by atoms with E-state index in [1.807, 2.05) is 14.0 Å². The van der Waals surface area contributed by atoms with Crippen molar-refractivity contribution in [2.45, 2.75) is 6.92 Å². The number of fused-ring (bicyclic) bond motifs is 1. The molecule has 0 aliphatic heterocycles. The highest BCUT2D eigenvalue weighted by Crippen LogP contribution is 2.16. The van der Waals surface area contributed by atoms with E-state index in [0.29, 0.717) is 12.1 Å². The minimum atomic E-state index is -0.173. The van der Waals surface area contributed by atoms with Gasteiger partial charge in [-0.3, -0.25) is 9.48 Å². The maximum absolute atomic E-state index is 11.9. The average Bonchev–Trinajstić information content (AvgIpc) is 2.61. The van der Waals surface area contributed by atoms with Gasteiger partial charge in [0, 0.05) is 29.7 Å². The van der Waals surface area contributed by atoms with Gasteiger partial charge in [0.15, 0.2) is 5.65 Å². The van der Waals surface area contributed by atoms with Crippen molar-refractivity contribution in [3.05, 3.63) is 34.6 Å². The van der Waals surface area contributed by atoms with Crippen LogP contribution >= 0.6 is 15.9 Å². The molecule has 0 radical (unpaired) electrons. The van der Waals surface area contributed by atoms with Gasteiger partial charge < -0.3 is 5.32 Å². The number of aryl methyl sites for hydroxylation is 2. The van der Waals surface area contributed by atoms with Gasteiger partial charge in [0.1, 0.15) is 0 Å². The number of pyridine rings is 1. The number of nitrogens with one attached hydrogen (secondary N) is 1. The second kappa shape index (κ2) is 4.89. The predicted octanol–water partition coefficient (Wildman–Crippen LogP) is 1.92. The van der Waals surface area contributed by atoms with Crippen LogP contribution in [0.3, 0.4) is 0 Å². The third kappa shape index (κ3) is 2.43. The molecular weight excluding hydrogens is 296 g/mol. The van der Waals surface area contributed by atoms with E-state index in [0.717, 1.165) is 21.2 Å². The number of nitrogens with zero attached hydrogens (tertiary/aromatic N) is 3. The van der Waals surface area contributed by atoms with Crippen LogP contribution < -0.4 is 5.32 Å². The fourth-order valence-corrected chi connectivity index (χ4v) is 1.85. The van der Waals surface area contributed by atoms with Gasteiger partial charge in [0.05, 0.1) is 11.3 Å². The predicted molar refractivity (Wildman–Crippen MR) is 73.6 cm³/mol. The van der Waals surface area contributed by atoms with Crippen molar-refractivity contribution in [1.29, 1.82) is 0 Å². The molecule has 94 valence electrons. The molecule has 2 aromatic heterocycles. The summed E-state index contributed by atoms with van der Waals surface area (Å²) in [5.74, 6) is -0.173. The normalized spacial score (nSPS) is 10.6. The Morgan fingerprint density at radius 1 is 1.61 bits per heavy atom. The number of hydrogen-bond donors (Lipinski definition) is 1. The summed E-state index contributed by atoms with van der Waals surface area (Å²) in [6.45, 7) is 5.95. The number of amides is 1. The molecule has 0 saturated carbocycles. The first-order valence-electron chi connectivity index (χ1n) is 5.40. The van der Waals surface area contributed by atoms with Crippen molar-refractivity contribution in [2.24, 2.45) is 7.05 Å². The Morgan fingerprint density at radius 3 is 3.00 bits per heavy atom. The monoisotopic (exact) mass is 308 g/mol. The minimum Gasteiger partial charge on any atom is -0.347 e. The highest BCUT2D eigenvalue weighted by molar-refractivity contribution is 9.11. The van der Waals surface area contributed by atoms with E-state index in [2.05, 4.69) is 37.9 Å². The van der Waals surface area contributed by atoms with Gasteiger partial charge >= 0.3 is 0 Å². The number of aromatic nitrogens is 3. The van der Waals surface area contributed by atoms with Gasteiger partial charge in [-0.05, 0) is 13.0 Å². The van der Waals surface area contributed by atoms with Crippen LogP contribution in [0.15, 0.2) is 23.3 Å². The number of rotatable bonds is 3. The Balaban J connectivity index is 2.32. The average molecular weight is 309 g/mol. The molecule has 6 heteroatoms. The zero-order valence-electron chi connectivity index (χ0n) is 10.2. The Bertz CT molecular complexity index is 632. The molecule has 0 unspecified atom stereocenters. The zero-order valence-corrected chi connectivity index (χ0v) is 11.8. The first kappa shape index (κ1) is 12.8. The van der Waals surface area contributed by atoms with Gasteiger partial charge in [0.25, 0.3) is 5.91 Å². The fraction of sp³-hybridized carbons (Fsp3) is 0.250. The van der Waals surface area contributed by atoms with Crippen LogP contribution in [-0.4, -0.2) is 27.2 Å². The number of halogens is 1. The zero-order chi connectivity index (χ0) is 13.3. The van der Waals surface area contributed by atoms with Gasteiger partial charge in [0.2, 0.25) is 0 Å². The van der Waals surface area contributed by atoms with Crippen molar-refractivity contribution in [1.82, 2.24) is 20.1 Å². The molecule has 0 fully saturated rings. The third-order valence-electron chi connectivity index (χ3n) is 2.57. The summed E-state index contributed by atoms with van der Waals surface area (Å²) in [4.78, 5) is 16.1. The molecular formula is C12H13BrN4O. The summed E-state index contributed by atoms with van der Waals surface area (Å²) >= 11 is 3.19. The minimum absolute atomic E-state index is 0.173. The van der Waals surface area contributed by atoms with Crippen LogP contribution in [0.25, 0.3) is 11.0 Å². The van der Waals surface area contributed by atoms with Crippen molar-refractivity contribution in [3.8, 4) is 0 Å². The Morgan fingerprint density at radius 2 is 2.33 bits per heavy atom. The summed E-state index contributed by atoms with van der Waals surface area (Å²) in [6, 6.07) is 1.80. The van der Waals surface area contributed by atoms with Crippen molar-refractivity contribution in [2.75, 3.05) is 6.54 Å². The molecule has 18 heavy (non-hydrogen) atoms. The van der Waals surface area contributed by atoms with E-state index in [4.69, 9.17) is 0 Å². The smallest absolute Gasteiger partial charge is 0.253 e. The van der Waals surface area contributed by atoms with Crippen LogP contribution in [-0.2, 0) is 7.05 Å². The summed E-state index contributed by atoms with van der Waals surface area (Å²) in [5.41, 5.74) is 2.15. The van der Waals surface area contributed by atoms with Crippen molar-refractivity contribution < 1.29 is 4.79 Å². The van der Waals surface area contributed by atoms with E-state index < -0.39 is 0 Å². The second-order valence-corrected chi connectivity index (χ2v) is 5.13. The number of carbonyl (C=O) groups excluding carboxylic acids is 1.